The van der Waals surface area contributed by atoms with Gasteiger partial charge >= 0.3 is 0 Å². The van der Waals surface area contributed by atoms with Crippen molar-refractivity contribution in [3.05, 3.63) is 63.6 Å². The van der Waals surface area contributed by atoms with Crippen LogP contribution in [0.3, 0.4) is 0 Å². The molecule has 2 heterocycles. The van der Waals surface area contributed by atoms with Crippen LogP contribution in [0.1, 0.15) is 49.8 Å². The molecule has 1 amide bonds. The molecule has 2 atom stereocenters. The number of rotatable bonds is 0. The maximum atomic E-state index is 13.6. The van der Waals surface area contributed by atoms with Crippen LogP contribution in [-0.4, -0.2) is 34.9 Å². The zero-order valence-electron chi connectivity index (χ0n) is 18.6. The van der Waals surface area contributed by atoms with Gasteiger partial charge in [-0.05, 0) is 54.8 Å². The second-order valence-corrected chi connectivity index (χ2v) is 9.91. The number of fused-ring (bicyclic) bond motifs is 3. The molecule has 2 aliphatic heterocycles. The zero-order chi connectivity index (χ0) is 22.2. The van der Waals surface area contributed by atoms with Crippen LogP contribution in [0.4, 0.5) is 0 Å². The van der Waals surface area contributed by atoms with Crippen LogP contribution in [0, 0.1) is 0 Å². The molecular weight excluding hydrogens is 472 g/mol. The molecule has 2 unspecified atom stereocenters. The molecular formula is C25H29BrN2O2S. The van der Waals surface area contributed by atoms with Crippen LogP contribution in [-0.2, 0) is 23.2 Å². The van der Waals surface area contributed by atoms with E-state index in [2.05, 4.69) is 40.2 Å². The second kappa shape index (κ2) is 8.62. The number of thioether (sulfide) groups is 1. The Balaban J connectivity index is 0.00000112. The Kier molecular flexibility index (Phi) is 6.23. The van der Waals surface area contributed by atoms with Gasteiger partial charge in [-0.15, -0.1) is 0 Å². The predicted molar refractivity (Wildman–Crippen MR) is 132 cm³/mol. The Bertz CT molecular complexity index is 1040. The molecule has 0 radical (unpaired) electrons. The fourth-order valence-electron chi connectivity index (χ4n) is 5.12. The third kappa shape index (κ3) is 3.72. The summed E-state index contributed by atoms with van der Waals surface area (Å²) >= 11 is 5.10. The number of aliphatic imine (C=N–C) groups is 1. The smallest absolute Gasteiger partial charge is 0.261 e. The van der Waals surface area contributed by atoms with Crippen LogP contribution in [0.25, 0.3) is 0 Å². The van der Waals surface area contributed by atoms with E-state index in [9.17, 15) is 4.79 Å². The van der Waals surface area contributed by atoms with Crippen molar-refractivity contribution >= 4 is 38.8 Å². The first-order chi connectivity index (χ1) is 15.0. The van der Waals surface area contributed by atoms with Crippen molar-refractivity contribution < 1.29 is 9.53 Å². The first kappa shape index (κ1) is 22.4. The molecule has 5 rings (SSSR count). The van der Waals surface area contributed by atoms with E-state index in [1.54, 1.807) is 4.90 Å². The highest BCUT2D eigenvalue weighted by molar-refractivity contribution is 9.10. The van der Waals surface area contributed by atoms with E-state index in [-0.39, 0.29) is 5.91 Å². The van der Waals surface area contributed by atoms with Crippen molar-refractivity contribution in [2.24, 2.45) is 4.99 Å². The molecule has 6 heteroatoms. The molecule has 0 aromatic heterocycles. The topological polar surface area (TPSA) is 41.9 Å². The van der Waals surface area contributed by atoms with Crippen molar-refractivity contribution in [2.75, 3.05) is 13.3 Å². The maximum Gasteiger partial charge on any atom is 0.261 e. The number of halogens is 1. The number of carbonyl (C=O) groups is 1. The number of aryl methyl sites for hydroxylation is 1. The molecule has 31 heavy (non-hydrogen) atoms. The molecule has 0 saturated carbocycles. The van der Waals surface area contributed by atoms with Crippen LogP contribution >= 0.6 is 27.7 Å². The number of hydrogen-bond acceptors (Lipinski definition) is 4. The minimum absolute atomic E-state index is 0.0430. The van der Waals surface area contributed by atoms with Gasteiger partial charge in [0.2, 0.25) is 0 Å². The van der Waals surface area contributed by atoms with Gasteiger partial charge in [0.25, 0.3) is 5.91 Å². The Morgan fingerprint density at radius 1 is 1.16 bits per heavy atom. The van der Waals surface area contributed by atoms with Gasteiger partial charge in [0.05, 0.1) is 0 Å². The summed E-state index contributed by atoms with van der Waals surface area (Å²) in [7, 11) is 1.83. The molecule has 2 aromatic carbocycles. The van der Waals surface area contributed by atoms with Crippen molar-refractivity contribution in [3.8, 4) is 5.75 Å². The zero-order valence-corrected chi connectivity index (χ0v) is 21.0. The van der Waals surface area contributed by atoms with E-state index in [1.807, 2.05) is 45.4 Å². The van der Waals surface area contributed by atoms with Gasteiger partial charge in [-0.1, -0.05) is 65.8 Å². The minimum atomic E-state index is -0.913. The largest absolute Gasteiger partial charge is 0.486 e. The fourth-order valence-corrected chi connectivity index (χ4v) is 6.08. The van der Waals surface area contributed by atoms with Crippen molar-refractivity contribution in [1.29, 1.82) is 0 Å². The Morgan fingerprint density at radius 2 is 1.90 bits per heavy atom. The lowest BCUT2D eigenvalue weighted by Crippen LogP contribution is -2.52. The second-order valence-electron chi connectivity index (χ2n) is 8.22. The van der Waals surface area contributed by atoms with Crippen LogP contribution in [0.2, 0.25) is 0 Å². The SMILES string of the molecule is CC.CSC1=NC2(CC3(CCCc4ccccc4C3)Oc3ccc(Br)cc32)C(=O)N1C. The number of amidine groups is 1. The summed E-state index contributed by atoms with van der Waals surface area (Å²) in [5.41, 5.74) is 2.25. The summed E-state index contributed by atoms with van der Waals surface area (Å²) in [6.07, 6.45) is 6.36. The van der Waals surface area contributed by atoms with E-state index in [0.29, 0.717) is 6.42 Å². The highest BCUT2D eigenvalue weighted by Gasteiger charge is 2.58. The summed E-state index contributed by atoms with van der Waals surface area (Å²) in [4.78, 5) is 20.4. The molecule has 2 spiro atoms. The van der Waals surface area contributed by atoms with Gasteiger partial charge in [0.15, 0.2) is 10.7 Å². The van der Waals surface area contributed by atoms with E-state index >= 15 is 0 Å². The van der Waals surface area contributed by atoms with Gasteiger partial charge in [-0.3, -0.25) is 9.69 Å². The van der Waals surface area contributed by atoms with Gasteiger partial charge in [-0.2, -0.15) is 0 Å². The fraction of sp³-hybridized carbons (Fsp3) is 0.440. The maximum absolute atomic E-state index is 13.6. The third-order valence-corrected chi connectivity index (χ3v) is 7.64. The number of carbonyl (C=O) groups excluding carboxylic acids is 1. The van der Waals surface area contributed by atoms with Gasteiger partial charge in [0.1, 0.15) is 11.4 Å². The monoisotopic (exact) mass is 500 g/mol. The van der Waals surface area contributed by atoms with Crippen LogP contribution < -0.4 is 4.74 Å². The quantitative estimate of drug-likeness (QED) is 0.447. The number of hydrogen-bond donors (Lipinski definition) is 0. The Labute approximate surface area is 197 Å². The lowest BCUT2D eigenvalue weighted by atomic mass is 9.73. The highest BCUT2D eigenvalue weighted by atomic mass is 79.9. The molecule has 0 fully saturated rings. The lowest BCUT2D eigenvalue weighted by molar-refractivity contribution is -0.134. The molecule has 0 saturated heterocycles. The molecule has 4 nitrogen and oxygen atoms in total. The highest BCUT2D eigenvalue weighted by Crippen LogP contribution is 2.53. The van der Waals surface area contributed by atoms with E-state index < -0.39 is 11.1 Å². The van der Waals surface area contributed by atoms with Gasteiger partial charge < -0.3 is 4.74 Å². The number of benzene rings is 2. The molecule has 0 N–H and O–H groups in total. The predicted octanol–water partition coefficient (Wildman–Crippen LogP) is 5.96. The first-order valence-corrected chi connectivity index (χ1v) is 13.0. The van der Waals surface area contributed by atoms with E-state index in [4.69, 9.17) is 9.73 Å². The van der Waals surface area contributed by atoms with Crippen LogP contribution in [0.5, 0.6) is 5.75 Å². The van der Waals surface area contributed by atoms with E-state index in [0.717, 1.165) is 46.6 Å². The number of ether oxygens (including phenoxy) is 1. The lowest BCUT2D eigenvalue weighted by Gasteiger charge is -2.45. The van der Waals surface area contributed by atoms with E-state index in [1.165, 1.54) is 22.9 Å². The normalized spacial score (nSPS) is 26.4. The molecule has 1 aliphatic carbocycles. The standard InChI is InChI=1S/C23H23BrN2O2S.C2H6/c1-26-20(27)23(25-21(26)29-2)14-22(28-19-10-9-17(24)12-18(19)23)11-5-8-15-6-3-4-7-16(15)13-22;1-2/h3-4,6-7,9-10,12H,5,8,11,13-14H2,1-2H3;1-2H3. The van der Waals surface area contributed by atoms with Gasteiger partial charge in [-0.25, -0.2) is 4.99 Å². The average molecular weight is 501 g/mol. The number of nitrogens with zero attached hydrogens (tertiary/aromatic N) is 2. The summed E-state index contributed by atoms with van der Waals surface area (Å²) in [6.45, 7) is 4.00. The van der Waals surface area contributed by atoms with Crippen LogP contribution in [0.15, 0.2) is 51.9 Å². The third-order valence-electron chi connectivity index (χ3n) is 6.42. The first-order valence-electron chi connectivity index (χ1n) is 10.9. The summed E-state index contributed by atoms with van der Waals surface area (Å²) in [5, 5.41) is 0.770. The minimum Gasteiger partial charge on any atom is -0.486 e. The van der Waals surface area contributed by atoms with Crippen molar-refractivity contribution in [2.45, 2.75) is 57.1 Å². The summed E-state index contributed by atoms with van der Waals surface area (Å²) in [6, 6.07) is 14.6. The average Bonchev–Trinajstić information content (AvgIpc) is 2.91. The van der Waals surface area contributed by atoms with Gasteiger partial charge in [0, 0.05) is 29.9 Å². The summed E-state index contributed by atoms with van der Waals surface area (Å²) < 4.78 is 7.66. The summed E-state index contributed by atoms with van der Waals surface area (Å²) in [5.74, 6) is 0.827. The Hall–Kier alpha value is -1.79. The van der Waals surface area contributed by atoms with Crippen molar-refractivity contribution in [1.82, 2.24) is 4.90 Å². The molecule has 2 aromatic rings. The molecule has 164 valence electrons. The Morgan fingerprint density at radius 3 is 2.61 bits per heavy atom. The number of amides is 1. The molecule has 3 aliphatic rings. The molecule has 0 bridgehead atoms. The van der Waals surface area contributed by atoms with Crippen molar-refractivity contribution in [3.63, 3.8) is 0 Å². The number of likely N-dealkylation sites (N-methyl/N-ethyl adjacent to an activating group) is 1.